The monoisotopic (exact) mass is 292 g/mol. The smallest absolute Gasteiger partial charge is 0.256 e. The largest absolute Gasteiger partial charge is 0.431 e. The van der Waals surface area contributed by atoms with Crippen LogP contribution in [0.4, 0.5) is 0 Å². The molecule has 20 heavy (non-hydrogen) atoms. The van der Waals surface area contributed by atoms with Crippen molar-refractivity contribution in [2.24, 2.45) is 5.92 Å². The van der Waals surface area contributed by atoms with Gasteiger partial charge in [-0.2, -0.15) is 0 Å². The van der Waals surface area contributed by atoms with Crippen LogP contribution in [0.5, 0.6) is 0 Å². The predicted molar refractivity (Wildman–Crippen MR) is 81.0 cm³/mol. The number of nitrogens with zero attached hydrogens (tertiary/aromatic N) is 1. The molecular weight excluding hydrogens is 272 g/mol. The molecule has 1 saturated carbocycles. The Hall–Kier alpha value is -1.04. The summed E-state index contributed by atoms with van der Waals surface area (Å²) < 4.78 is 5.73. The molecule has 1 aromatic carbocycles. The second kappa shape index (κ2) is 5.76. The summed E-state index contributed by atoms with van der Waals surface area (Å²) >= 11 is 1.59. The molecule has 108 valence electrons. The van der Waals surface area contributed by atoms with E-state index >= 15 is 0 Å². The van der Waals surface area contributed by atoms with Gasteiger partial charge in [0.15, 0.2) is 5.58 Å². The Morgan fingerprint density at radius 3 is 2.90 bits per heavy atom. The summed E-state index contributed by atoms with van der Waals surface area (Å²) in [7, 11) is 0. The zero-order valence-corrected chi connectivity index (χ0v) is 12.4. The Labute approximate surface area is 123 Å². The molecule has 1 aliphatic rings. The minimum Gasteiger partial charge on any atom is -0.431 e. The number of aliphatic hydroxyl groups is 1. The molecule has 2 aromatic rings. The molecule has 1 heterocycles. The molecule has 4 nitrogen and oxygen atoms in total. The lowest BCUT2D eigenvalue weighted by atomic mass is 9.97. The molecule has 1 aliphatic carbocycles. The zero-order chi connectivity index (χ0) is 14.0. The van der Waals surface area contributed by atoms with Crippen molar-refractivity contribution in [3.05, 3.63) is 24.3 Å². The van der Waals surface area contributed by atoms with Crippen molar-refractivity contribution in [2.75, 3.05) is 18.9 Å². The van der Waals surface area contributed by atoms with Crippen LogP contribution in [-0.4, -0.2) is 34.5 Å². The van der Waals surface area contributed by atoms with Crippen molar-refractivity contribution in [2.45, 2.75) is 30.5 Å². The van der Waals surface area contributed by atoms with E-state index in [1.54, 1.807) is 11.8 Å². The van der Waals surface area contributed by atoms with Gasteiger partial charge in [0, 0.05) is 5.75 Å². The molecule has 5 heteroatoms. The van der Waals surface area contributed by atoms with E-state index in [-0.39, 0.29) is 12.1 Å². The highest BCUT2D eigenvalue weighted by Gasteiger charge is 2.44. The molecule has 0 bridgehead atoms. The molecular formula is C15H20N2O2S. The van der Waals surface area contributed by atoms with E-state index < -0.39 is 0 Å². The van der Waals surface area contributed by atoms with Gasteiger partial charge in [-0.1, -0.05) is 30.8 Å². The first-order valence-electron chi connectivity index (χ1n) is 7.11. The van der Waals surface area contributed by atoms with Gasteiger partial charge >= 0.3 is 0 Å². The number of hydrogen-bond acceptors (Lipinski definition) is 5. The van der Waals surface area contributed by atoms with Gasteiger partial charge in [-0.05, 0) is 37.4 Å². The van der Waals surface area contributed by atoms with Gasteiger partial charge in [0.25, 0.3) is 5.22 Å². The Morgan fingerprint density at radius 2 is 2.25 bits per heavy atom. The maximum Gasteiger partial charge on any atom is 0.256 e. The van der Waals surface area contributed by atoms with E-state index in [0.717, 1.165) is 23.4 Å². The molecule has 3 rings (SSSR count). The lowest BCUT2D eigenvalue weighted by Gasteiger charge is -2.32. The minimum atomic E-state index is -0.194. The topological polar surface area (TPSA) is 58.3 Å². The van der Waals surface area contributed by atoms with Crippen LogP contribution in [0.1, 0.15) is 19.8 Å². The van der Waals surface area contributed by atoms with E-state index in [0.29, 0.717) is 11.1 Å². The molecule has 1 fully saturated rings. The van der Waals surface area contributed by atoms with Crippen molar-refractivity contribution in [3.8, 4) is 0 Å². The van der Waals surface area contributed by atoms with Crippen molar-refractivity contribution < 1.29 is 9.52 Å². The van der Waals surface area contributed by atoms with Gasteiger partial charge in [-0.15, -0.1) is 0 Å². The Kier molecular flexibility index (Phi) is 4.01. The maximum absolute atomic E-state index is 9.81. The third-order valence-electron chi connectivity index (χ3n) is 3.90. The van der Waals surface area contributed by atoms with Crippen LogP contribution in [0.25, 0.3) is 11.1 Å². The van der Waals surface area contributed by atoms with Crippen LogP contribution >= 0.6 is 11.8 Å². The fourth-order valence-corrected chi connectivity index (χ4v) is 3.76. The van der Waals surface area contributed by atoms with E-state index in [1.165, 1.54) is 12.8 Å². The first-order valence-corrected chi connectivity index (χ1v) is 8.10. The SMILES string of the molecule is CCNC(CO)(CSc1nc2ccccc2o1)C1CC1. The number of para-hydroxylation sites is 2. The number of likely N-dealkylation sites (N-methyl/N-ethyl adjacent to an activating group) is 1. The van der Waals surface area contributed by atoms with Gasteiger partial charge in [-0.3, -0.25) is 0 Å². The van der Waals surface area contributed by atoms with E-state index in [4.69, 9.17) is 4.42 Å². The van der Waals surface area contributed by atoms with Crippen LogP contribution in [0.15, 0.2) is 33.9 Å². The van der Waals surface area contributed by atoms with Crippen molar-refractivity contribution in [1.82, 2.24) is 10.3 Å². The Bertz CT molecular complexity index is 549. The molecule has 0 amide bonds. The van der Waals surface area contributed by atoms with Crippen LogP contribution in [-0.2, 0) is 0 Å². The first kappa shape index (κ1) is 13.9. The second-order valence-corrected chi connectivity index (χ2v) is 6.28. The van der Waals surface area contributed by atoms with Crippen LogP contribution < -0.4 is 5.32 Å². The molecule has 1 unspecified atom stereocenters. The number of hydrogen-bond donors (Lipinski definition) is 2. The predicted octanol–water partition coefficient (Wildman–Crippen LogP) is 2.67. The lowest BCUT2D eigenvalue weighted by Crippen LogP contribution is -2.52. The summed E-state index contributed by atoms with van der Waals surface area (Å²) in [5, 5.41) is 14.0. The fourth-order valence-electron chi connectivity index (χ4n) is 2.64. The van der Waals surface area contributed by atoms with E-state index in [9.17, 15) is 5.11 Å². The van der Waals surface area contributed by atoms with Gasteiger partial charge in [0.1, 0.15) is 5.52 Å². The van der Waals surface area contributed by atoms with E-state index in [2.05, 4.69) is 17.2 Å². The number of benzene rings is 1. The molecule has 0 aliphatic heterocycles. The van der Waals surface area contributed by atoms with Gasteiger partial charge in [0.2, 0.25) is 0 Å². The second-order valence-electron chi connectivity index (χ2n) is 5.36. The molecule has 2 N–H and O–H groups in total. The van der Waals surface area contributed by atoms with Crippen LogP contribution in [0.2, 0.25) is 0 Å². The average Bonchev–Trinajstić information content (AvgIpc) is 3.23. The summed E-state index contributed by atoms with van der Waals surface area (Å²) in [5.74, 6) is 1.36. The summed E-state index contributed by atoms with van der Waals surface area (Å²) in [6, 6.07) is 7.78. The molecule has 0 saturated heterocycles. The average molecular weight is 292 g/mol. The Balaban J connectivity index is 1.73. The number of nitrogens with one attached hydrogen (secondary N) is 1. The van der Waals surface area contributed by atoms with Crippen molar-refractivity contribution in [3.63, 3.8) is 0 Å². The van der Waals surface area contributed by atoms with Gasteiger partial charge in [-0.25, -0.2) is 4.98 Å². The highest BCUT2D eigenvalue weighted by Crippen LogP contribution is 2.42. The lowest BCUT2D eigenvalue weighted by molar-refractivity contribution is 0.161. The number of aliphatic hydroxyl groups excluding tert-OH is 1. The summed E-state index contributed by atoms with van der Waals surface area (Å²) in [6.45, 7) is 3.11. The highest BCUT2D eigenvalue weighted by molar-refractivity contribution is 7.99. The number of aromatic nitrogens is 1. The summed E-state index contributed by atoms with van der Waals surface area (Å²) in [5.41, 5.74) is 1.51. The molecule has 0 radical (unpaired) electrons. The molecule has 1 aromatic heterocycles. The highest BCUT2D eigenvalue weighted by atomic mass is 32.2. The maximum atomic E-state index is 9.81. The molecule has 1 atom stereocenters. The standard InChI is InChI=1S/C15H20N2O2S/c1-2-16-15(9-18,11-7-8-11)10-20-14-17-12-5-3-4-6-13(12)19-14/h3-6,11,16,18H,2,7-10H2,1H3. The minimum absolute atomic E-state index is 0.165. The summed E-state index contributed by atoms with van der Waals surface area (Å²) in [6.07, 6.45) is 2.39. The zero-order valence-electron chi connectivity index (χ0n) is 11.6. The van der Waals surface area contributed by atoms with Gasteiger partial charge in [0.05, 0.1) is 12.1 Å². The number of oxazole rings is 1. The van der Waals surface area contributed by atoms with Crippen molar-refractivity contribution in [1.29, 1.82) is 0 Å². The van der Waals surface area contributed by atoms with E-state index in [1.807, 2.05) is 24.3 Å². The van der Waals surface area contributed by atoms with Gasteiger partial charge < -0.3 is 14.8 Å². The third-order valence-corrected chi connectivity index (χ3v) is 4.98. The van der Waals surface area contributed by atoms with Crippen LogP contribution in [0.3, 0.4) is 0 Å². The third kappa shape index (κ3) is 2.71. The van der Waals surface area contributed by atoms with Crippen molar-refractivity contribution >= 4 is 22.9 Å². The number of rotatable bonds is 7. The van der Waals surface area contributed by atoms with Crippen LogP contribution in [0, 0.1) is 5.92 Å². The molecule has 0 spiro atoms. The number of thioether (sulfide) groups is 1. The quantitative estimate of drug-likeness (QED) is 0.768. The number of fused-ring (bicyclic) bond motifs is 1. The fraction of sp³-hybridized carbons (Fsp3) is 0.533. The Morgan fingerprint density at radius 1 is 1.45 bits per heavy atom. The normalized spacial score (nSPS) is 18.3. The first-order chi connectivity index (χ1) is 9.77. The summed E-state index contributed by atoms with van der Waals surface area (Å²) in [4.78, 5) is 4.48.